The molecule has 1 saturated carbocycles. The molecule has 3 aliphatic rings. The van der Waals surface area contributed by atoms with E-state index in [2.05, 4.69) is 91.0 Å². The van der Waals surface area contributed by atoms with Crippen LogP contribution in [0.3, 0.4) is 0 Å². The molecule has 3 aliphatic carbocycles. The summed E-state index contributed by atoms with van der Waals surface area (Å²) in [5, 5.41) is 7.83. The number of aldehydes is 1. The van der Waals surface area contributed by atoms with Gasteiger partial charge in [0.05, 0.1) is 0 Å². The molecule has 1 nitrogen and oxygen atoms in total. The summed E-state index contributed by atoms with van der Waals surface area (Å²) in [5.74, 6) is 0.556. The molecule has 0 N–H and O–H groups in total. The maximum Gasteiger partial charge on any atom is 0.127 e. The van der Waals surface area contributed by atoms with Crippen LogP contribution in [0, 0.1) is 11.8 Å². The van der Waals surface area contributed by atoms with Gasteiger partial charge in [0, 0.05) is 5.92 Å². The van der Waals surface area contributed by atoms with Gasteiger partial charge in [-0.05, 0) is 79.8 Å². The highest BCUT2D eigenvalue weighted by Crippen LogP contribution is 2.44. The lowest BCUT2D eigenvalue weighted by atomic mass is 9.85. The number of carbonyl (C=O) groups is 1. The third kappa shape index (κ3) is 2.89. The van der Waals surface area contributed by atoms with E-state index in [4.69, 9.17) is 0 Å². The van der Waals surface area contributed by atoms with Gasteiger partial charge in [-0.15, -0.1) is 0 Å². The summed E-state index contributed by atoms with van der Waals surface area (Å²) in [6.07, 6.45) is 13.4. The molecule has 4 aromatic carbocycles. The lowest BCUT2D eigenvalue weighted by Crippen LogP contribution is -2.07. The molecule has 2 unspecified atom stereocenters. The quantitative estimate of drug-likeness (QED) is 0.244. The van der Waals surface area contributed by atoms with Crippen molar-refractivity contribution in [2.24, 2.45) is 11.8 Å². The molecule has 158 valence electrons. The molecule has 0 amide bonds. The molecular weight excluding hydrogens is 400 g/mol. The first kappa shape index (κ1) is 18.8. The molecule has 4 aromatic rings. The second kappa shape index (κ2) is 7.15. The van der Waals surface area contributed by atoms with Crippen LogP contribution in [0.1, 0.15) is 18.4 Å². The predicted molar refractivity (Wildman–Crippen MR) is 137 cm³/mol. The maximum absolute atomic E-state index is 11.5. The molecule has 0 spiro atoms. The first-order chi connectivity index (χ1) is 16.3. The molecule has 33 heavy (non-hydrogen) atoms. The van der Waals surface area contributed by atoms with Gasteiger partial charge in [0.25, 0.3) is 0 Å². The van der Waals surface area contributed by atoms with Crippen molar-refractivity contribution >= 4 is 38.6 Å². The average molecular weight is 425 g/mol. The fourth-order valence-corrected chi connectivity index (χ4v) is 6.13. The minimum atomic E-state index is 0.104. The molecule has 0 heterocycles. The largest absolute Gasteiger partial charge is 0.303 e. The zero-order valence-electron chi connectivity index (χ0n) is 18.4. The summed E-state index contributed by atoms with van der Waals surface area (Å²) in [5.41, 5.74) is 6.66. The van der Waals surface area contributed by atoms with Crippen molar-refractivity contribution < 1.29 is 4.79 Å². The van der Waals surface area contributed by atoms with Gasteiger partial charge in [-0.2, -0.15) is 0 Å². The Labute approximate surface area is 193 Å². The van der Waals surface area contributed by atoms with Crippen molar-refractivity contribution in [3.8, 4) is 0 Å². The molecule has 0 bridgehead atoms. The second-order valence-corrected chi connectivity index (χ2v) is 9.64. The molecule has 0 radical (unpaired) electrons. The Bertz CT molecular complexity index is 1610. The number of rotatable bonds is 3. The van der Waals surface area contributed by atoms with Crippen molar-refractivity contribution in [1.82, 2.24) is 0 Å². The third-order valence-corrected chi connectivity index (χ3v) is 7.82. The van der Waals surface area contributed by atoms with E-state index in [0.717, 1.165) is 25.5 Å². The summed E-state index contributed by atoms with van der Waals surface area (Å²) in [6.45, 7) is 0. The minimum absolute atomic E-state index is 0.104. The summed E-state index contributed by atoms with van der Waals surface area (Å²) >= 11 is 0. The molecule has 7 rings (SSSR count). The lowest BCUT2D eigenvalue weighted by molar-refractivity contribution is -0.110. The molecule has 0 aliphatic heterocycles. The molecule has 0 aromatic heterocycles. The second-order valence-electron chi connectivity index (χ2n) is 9.64. The highest BCUT2D eigenvalue weighted by Gasteiger charge is 2.32. The van der Waals surface area contributed by atoms with Gasteiger partial charge >= 0.3 is 0 Å². The van der Waals surface area contributed by atoms with E-state index in [1.54, 1.807) is 0 Å². The average Bonchev–Trinajstić information content (AvgIpc) is 3.45. The number of carbonyl (C=O) groups excluding carboxylic acids is 1. The SMILES string of the molecule is O=CC1CCC2C=C3C=CC(Cc4ccc5c(ccc6c7ccccc7ccc56)c4)=C3C=C12. The van der Waals surface area contributed by atoms with E-state index in [1.807, 2.05) is 0 Å². The van der Waals surface area contributed by atoms with E-state index in [9.17, 15) is 4.79 Å². The van der Waals surface area contributed by atoms with E-state index in [1.165, 1.54) is 60.2 Å². The zero-order chi connectivity index (χ0) is 21.9. The highest BCUT2D eigenvalue weighted by atomic mass is 16.1. The molecule has 0 saturated heterocycles. The van der Waals surface area contributed by atoms with Crippen LogP contribution in [-0.4, -0.2) is 6.29 Å². The summed E-state index contributed by atoms with van der Waals surface area (Å²) in [7, 11) is 0. The summed E-state index contributed by atoms with van der Waals surface area (Å²) in [4.78, 5) is 11.5. The van der Waals surface area contributed by atoms with Crippen LogP contribution in [0.15, 0.2) is 113 Å². The predicted octanol–water partition coefficient (Wildman–Crippen LogP) is 7.65. The van der Waals surface area contributed by atoms with Crippen molar-refractivity contribution in [2.45, 2.75) is 19.3 Å². The Morgan fingerprint density at radius 3 is 2.45 bits per heavy atom. The minimum Gasteiger partial charge on any atom is -0.303 e. The van der Waals surface area contributed by atoms with Crippen molar-refractivity contribution in [1.29, 1.82) is 0 Å². The Hall–Kier alpha value is -3.71. The topological polar surface area (TPSA) is 17.1 Å². The van der Waals surface area contributed by atoms with Crippen LogP contribution in [0.25, 0.3) is 32.3 Å². The number of hydrogen-bond acceptors (Lipinski definition) is 1. The van der Waals surface area contributed by atoms with Gasteiger partial charge in [0.15, 0.2) is 0 Å². The monoisotopic (exact) mass is 424 g/mol. The van der Waals surface area contributed by atoms with Crippen LogP contribution >= 0.6 is 0 Å². The molecule has 1 heteroatoms. The lowest BCUT2D eigenvalue weighted by Gasteiger charge is -2.19. The Kier molecular flexibility index (Phi) is 4.08. The number of allylic oxidation sites excluding steroid dienone is 8. The molecule has 2 atom stereocenters. The van der Waals surface area contributed by atoms with Gasteiger partial charge in [-0.25, -0.2) is 0 Å². The smallest absolute Gasteiger partial charge is 0.127 e. The van der Waals surface area contributed by atoms with Gasteiger partial charge in [-0.3, -0.25) is 0 Å². The first-order valence-corrected chi connectivity index (χ1v) is 11.9. The number of benzene rings is 4. The number of hydrogen-bond donors (Lipinski definition) is 0. The zero-order valence-corrected chi connectivity index (χ0v) is 18.4. The van der Waals surface area contributed by atoms with Crippen LogP contribution in [0.5, 0.6) is 0 Å². The van der Waals surface area contributed by atoms with Crippen LogP contribution in [0.4, 0.5) is 0 Å². The molecule has 1 fully saturated rings. The van der Waals surface area contributed by atoms with Crippen LogP contribution in [0.2, 0.25) is 0 Å². The van der Waals surface area contributed by atoms with Crippen molar-refractivity contribution in [2.75, 3.05) is 0 Å². The van der Waals surface area contributed by atoms with Crippen molar-refractivity contribution in [3.05, 3.63) is 119 Å². The van der Waals surface area contributed by atoms with Crippen LogP contribution < -0.4 is 0 Å². The Morgan fingerprint density at radius 2 is 1.58 bits per heavy atom. The highest BCUT2D eigenvalue weighted by molar-refractivity contribution is 6.17. The maximum atomic E-state index is 11.5. The number of fused-ring (bicyclic) bond motifs is 7. The Morgan fingerprint density at radius 1 is 0.788 bits per heavy atom. The normalized spacial score (nSPS) is 21.5. The summed E-state index contributed by atoms with van der Waals surface area (Å²) in [6, 6.07) is 24.6. The van der Waals surface area contributed by atoms with Crippen LogP contribution in [-0.2, 0) is 11.2 Å². The third-order valence-electron chi connectivity index (χ3n) is 7.82. The van der Waals surface area contributed by atoms with E-state index >= 15 is 0 Å². The standard InChI is InChI=1S/C32H24O/c33-19-26-9-8-25-17-24-7-6-23(31(24)18-32(25)26)16-20-5-12-28-22(15-20)11-14-29-27-4-2-1-3-21(27)10-13-30(28)29/h1-7,10-15,17-19,25-26H,8-9,16H2. The van der Waals surface area contributed by atoms with Gasteiger partial charge in [0.1, 0.15) is 6.29 Å². The van der Waals surface area contributed by atoms with Crippen molar-refractivity contribution in [3.63, 3.8) is 0 Å². The molecular formula is C32H24O. The fourth-order valence-electron chi connectivity index (χ4n) is 6.13. The summed E-state index contributed by atoms with van der Waals surface area (Å²) < 4.78 is 0. The first-order valence-electron chi connectivity index (χ1n) is 11.9. The van der Waals surface area contributed by atoms with Gasteiger partial charge in [-0.1, -0.05) is 96.6 Å². The van der Waals surface area contributed by atoms with Gasteiger partial charge < -0.3 is 4.79 Å². The van der Waals surface area contributed by atoms with E-state index in [-0.39, 0.29) is 5.92 Å². The fraction of sp³-hybridized carbons (Fsp3) is 0.156. The van der Waals surface area contributed by atoms with Gasteiger partial charge in [0.2, 0.25) is 0 Å². The van der Waals surface area contributed by atoms with E-state index < -0.39 is 0 Å². The van der Waals surface area contributed by atoms with E-state index in [0.29, 0.717) is 5.92 Å². The Balaban J connectivity index is 1.29.